The molecule has 0 radical (unpaired) electrons. The molecule has 0 unspecified atom stereocenters. The summed E-state index contributed by atoms with van der Waals surface area (Å²) < 4.78 is 5.36. The fourth-order valence-corrected chi connectivity index (χ4v) is 1.63. The number of carbonyl (C=O) groups is 2. The Bertz CT molecular complexity index is 585. The highest BCUT2D eigenvalue weighted by Gasteiger charge is 2.12. The highest BCUT2D eigenvalue weighted by atomic mass is 35.5. The second kappa shape index (κ2) is 7.63. The summed E-state index contributed by atoms with van der Waals surface area (Å²) in [4.78, 5) is 35.9. The van der Waals surface area contributed by atoms with E-state index < -0.39 is 11.5 Å². The third-order valence-corrected chi connectivity index (χ3v) is 3.01. The van der Waals surface area contributed by atoms with Gasteiger partial charge in [-0.3, -0.25) is 14.4 Å². The number of anilines is 1. The Labute approximate surface area is 126 Å². The minimum Gasteiger partial charge on any atom is -0.468 e. The van der Waals surface area contributed by atoms with Crippen LogP contribution < -0.4 is 10.9 Å². The molecule has 1 N–H and O–H groups in total. The van der Waals surface area contributed by atoms with Crippen LogP contribution in [0.5, 0.6) is 0 Å². The van der Waals surface area contributed by atoms with Crippen LogP contribution in [-0.2, 0) is 20.9 Å². The summed E-state index contributed by atoms with van der Waals surface area (Å²) in [5.74, 6) is -0.649. The molecule has 0 fully saturated rings. The summed E-state index contributed by atoms with van der Waals surface area (Å²) in [5.41, 5.74) is -0.291. The number of nitrogens with zero attached hydrogens (tertiary/aromatic N) is 3. The SMILES string of the molecule is COC(=O)Cn1ncc(NCCC(=O)N(C)C)c(Cl)c1=O. The van der Waals surface area contributed by atoms with Crippen molar-refractivity contribution in [2.24, 2.45) is 0 Å². The molecule has 0 aromatic carbocycles. The first kappa shape index (κ1) is 17.0. The molecule has 1 amide bonds. The average Bonchev–Trinajstić information content (AvgIpc) is 2.45. The molecule has 0 aliphatic heterocycles. The summed E-state index contributed by atoms with van der Waals surface area (Å²) >= 11 is 5.92. The summed E-state index contributed by atoms with van der Waals surface area (Å²) in [6, 6.07) is 0. The molecule has 1 heterocycles. The van der Waals surface area contributed by atoms with Gasteiger partial charge in [-0.25, -0.2) is 4.68 Å². The second-order valence-corrected chi connectivity index (χ2v) is 4.75. The van der Waals surface area contributed by atoms with Gasteiger partial charge in [-0.1, -0.05) is 11.6 Å². The molecule has 0 spiro atoms. The molecule has 21 heavy (non-hydrogen) atoms. The van der Waals surface area contributed by atoms with Gasteiger partial charge >= 0.3 is 5.97 Å². The number of hydrogen-bond acceptors (Lipinski definition) is 6. The largest absolute Gasteiger partial charge is 0.468 e. The van der Waals surface area contributed by atoms with E-state index in [0.29, 0.717) is 12.2 Å². The number of nitrogens with one attached hydrogen (secondary N) is 1. The third-order valence-electron chi connectivity index (χ3n) is 2.64. The number of rotatable bonds is 6. The van der Waals surface area contributed by atoms with Crippen LogP contribution in [0.15, 0.2) is 11.0 Å². The van der Waals surface area contributed by atoms with Crippen LogP contribution in [0.1, 0.15) is 6.42 Å². The van der Waals surface area contributed by atoms with E-state index in [1.54, 1.807) is 14.1 Å². The maximum absolute atomic E-state index is 11.9. The topological polar surface area (TPSA) is 93.5 Å². The van der Waals surface area contributed by atoms with Gasteiger partial charge in [-0.15, -0.1) is 0 Å². The van der Waals surface area contributed by atoms with E-state index in [2.05, 4.69) is 15.2 Å². The Kier molecular flexibility index (Phi) is 6.16. The molecule has 0 aliphatic carbocycles. The number of ether oxygens (including phenoxy) is 1. The molecule has 0 bridgehead atoms. The maximum atomic E-state index is 11.9. The Hall–Kier alpha value is -2.09. The molecular weight excluding hydrogens is 300 g/mol. The number of esters is 1. The predicted molar refractivity (Wildman–Crippen MR) is 77.3 cm³/mol. The highest BCUT2D eigenvalue weighted by molar-refractivity contribution is 6.32. The van der Waals surface area contributed by atoms with Crippen molar-refractivity contribution in [2.45, 2.75) is 13.0 Å². The Morgan fingerprint density at radius 1 is 1.48 bits per heavy atom. The van der Waals surface area contributed by atoms with Crippen LogP contribution in [0.25, 0.3) is 0 Å². The standard InChI is InChI=1S/C12H17ClN4O4/c1-16(2)9(18)4-5-14-8-6-15-17(7-10(19)21-3)12(20)11(8)13/h6,14H,4-5,7H2,1-3H3. The number of carbonyl (C=O) groups excluding carboxylic acids is 2. The molecule has 9 heteroatoms. The quantitative estimate of drug-likeness (QED) is 0.740. The van der Waals surface area contributed by atoms with Crippen molar-refractivity contribution in [3.05, 3.63) is 21.6 Å². The molecule has 0 saturated carbocycles. The Morgan fingerprint density at radius 2 is 2.14 bits per heavy atom. The van der Waals surface area contributed by atoms with Gasteiger partial charge in [0.05, 0.1) is 19.0 Å². The first-order chi connectivity index (χ1) is 9.86. The van der Waals surface area contributed by atoms with Crippen LogP contribution in [0.4, 0.5) is 5.69 Å². The minimum absolute atomic E-state index is 0.0504. The third kappa shape index (κ3) is 4.75. The maximum Gasteiger partial charge on any atom is 0.327 e. The normalized spacial score (nSPS) is 10.1. The van der Waals surface area contributed by atoms with Crippen LogP contribution in [0.2, 0.25) is 5.02 Å². The molecule has 1 rings (SSSR count). The number of amides is 1. The molecule has 116 valence electrons. The van der Waals surface area contributed by atoms with Crippen molar-refractivity contribution in [1.82, 2.24) is 14.7 Å². The zero-order chi connectivity index (χ0) is 16.0. The van der Waals surface area contributed by atoms with E-state index in [0.717, 1.165) is 4.68 Å². The molecule has 0 saturated heterocycles. The fourth-order valence-electron chi connectivity index (χ4n) is 1.42. The van der Waals surface area contributed by atoms with Gasteiger partial charge in [0.1, 0.15) is 11.6 Å². The minimum atomic E-state index is -0.606. The molecule has 0 aliphatic rings. The van der Waals surface area contributed by atoms with Crippen molar-refractivity contribution in [1.29, 1.82) is 0 Å². The summed E-state index contributed by atoms with van der Waals surface area (Å²) in [6.07, 6.45) is 1.58. The number of hydrogen-bond donors (Lipinski definition) is 1. The van der Waals surface area contributed by atoms with Gasteiger partial charge in [0.15, 0.2) is 0 Å². The fraction of sp³-hybridized carbons (Fsp3) is 0.500. The lowest BCUT2D eigenvalue weighted by atomic mass is 10.3. The number of halogens is 1. The zero-order valence-corrected chi connectivity index (χ0v) is 12.8. The van der Waals surface area contributed by atoms with Gasteiger partial charge in [-0.05, 0) is 0 Å². The summed E-state index contributed by atoms with van der Waals surface area (Å²) in [7, 11) is 4.53. The Morgan fingerprint density at radius 3 is 2.71 bits per heavy atom. The smallest absolute Gasteiger partial charge is 0.327 e. The van der Waals surface area contributed by atoms with Crippen LogP contribution in [0.3, 0.4) is 0 Å². The van der Waals surface area contributed by atoms with Gasteiger partial charge in [0, 0.05) is 27.1 Å². The molecule has 0 atom stereocenters. The lowest BCUT2D eigenvalue weighted by Crippen LogP contribution is -2.28. The molecule has 1 aromatic rings. The van der Waals surface area contributed by atoms with Crippen LogP contribution in [0, 0.1) is 0 Å². The first-order valence-corrected chi connectivity index (χ1v) is 6.51. The van der Waals surface area contributed by atoms with Crippen molar-refractivity contribution >= 4 is 29.2 Å². The average molecular weight is 317 g/mol. The second-order valence-electron chi connectivity index (χ2n) is 4.38. The zero-order valence-electron chi connectivity index (χ0n) is 12.1. The Balaban J connectivity index is 2.74. The van der Waals surface area contributed by atoms with Crippen molar-refractivity contribution in [3.8, 4) is 0 Å². The lowest BCUT2D eigenvalue weighted by Gasteiger charge is -2.12. The van der Waals surface area contributed by atoms with E-state index in [-0.39, 0.29) is 23.9 Å². The van der Waals surface area contributed by atoms with E-state index >= 15 is 0 Å². The van der Waals surface area contributed by atoms with Gasteiger partial charge in [0.2, 0.25) is 5.91 Å². The first-order valence-electron chi connectivity index (χ1n) is 6.13. The van der Waals surface area contributed by atoms with Crippen LogP contribution >= 0.6 is 11.6 Å². The van der Waals surface area contributed by atoms with Crippen molar-refractivity contribution < 1.29 is 14.3 Å². The van der Waals surface area contributed by atoms with E-state index in [4.69, 9.17) is 11.6 Å². The van der Waals surface area contributed by atoms with E-state index in [9.17, 15) is 14.4 Å². The van der Waals surface area contributed by atoms with Gasteiger partial charge in [0.25, 0.3) is 5.56 Å². The highest BCUT2D eigenvalue weighted by Crippen LogP contribution is 2.15. The monoisotopic (exact) mass is 316 g/mol. The predicted octanol–water partition coefficient (Wildman–Crippen LogP) is -0.0401. The van der Waals surface area contributed by atoms with E-state index in [1.807, 2.05) is 0 Å². The van der Waals surface area contributed by atoms with Crippen molar-refractivity contribution in [3.63, 3.8) is 0 Å². The van der Waals surface area contributed by atoms with Gasteiger partial charge < -0.3 is 15.0 Å². The molecular formula is C12H17ClN4O4. The number of aromatic nitrogens is 2. The van der Waals surface area contributed by atoms with Gasteiger partial charge in [-0.2, -0.15) is 5.10 Å². The number of methoxy groups -OCH3 is 1. The molecule has 8 nitrogen and oxygen atoms in total. The summed E-state index contributed by atoms with van der Waals surface area (Å²) in [6.45, 7) is 0.00726. The lowest BCUT2D eigenvalue weighted by molar-refractivity contribution is -0.141. The van der Waals surface area contributed by atoms with E-state index in [1.165, 1.54) is 18.2 Å². The van der Waals surface area contributed by atoms with Crippen molar-refractivity contribution in [2.75, 3.05) is 33.1 Å². The summed E-state index contributed by atoms with van der Waals surface area (Å²) in [5, 5.41) is 6.59. The van der Waals surface area contributed by atoms with Crippen LogP contribution in [-0.4, -0.2) is 54.3 Å². The molecule has 1 aromatic heterocycles.